The smallest absolute Gasteiger partial charge is 0.358 e. The molecular weight excluding hydrogens is 232 g/mol. The molecule has 0 aliphatic carbocycles. The fraction of sp³-hybridized carbons (Fsp3) is 0. The second kappa shape index (κ2) is 3.91. The van der Waals surface area contributed by atoms with Crippen LogP contribution in [0.25, 0.3) is 0 Å². The van der Waals surface area contributed by atoms with E-state index in [0.29, 0.717) is 11.9 Å². The van der Waals surface area contributed by atoms with Crippen LogP contribution in [0.5, 0.6) is 0 Å². The molecule has 0 aromatic heterocycles. The molecule has 1 rings (SSSR count). The Morgan fingerprint density at radius 3 is 2.07 bits per heavy atom. The Labute approximate surface area is 85.2 Å². The van der Waals surface area contributed by atoms with Gasteiger partial charge in [0.2, 0.25) is 0 Å². The maximum absolute atomic E-state index is 10.4. The minimum absolute atomic E-state index is 0.531. The van der Waals surface area contributed by atoms with Crippen molar-refractivity contribution in [1.29, 1.82) is 0 Å². The standard InChI is InChI=1S/C4H2N4O6S/c9-6(10)2-1-15-5-4(8(13)14)3(2)7(11)12/h1,5H. The maximum atomic E-state index is 10.4. The summed E-state index contributed by atoms with van der Waals surface area (Å²) in [6.07, 6.45) is 0. The third-order valence-corrected chi connectivity index (χ3v) is 2.01. The van der Waals surface area contributed by atoms with E-state index in [1.165, 1.54) is 0 Å². The first-order valence-corrected chi connectivity index (χ1v) is 4.12. The Morgan fingerprint density at radius 1 is 1.07 bits per heavy atom. The largest absolute Gasteiger partial charge is 0.439 e. The molecule has 1 aliphatic heterocycles. The van der Waals surface area contributed by atoms with Crippen LogP contribution in [0.15, 0.2) is 22.6 Å². The van der Waals surface area contributed by atoms with Crippen molar-refractivity contribution in [3.63, 3.8) is 0 Å². The summed E-state index contributed by atoms with van der Waals surface area (Å²) in [5, 5.41) is 32.0. The molecular formula is C4H2N4O6S. The first-order chi connectivity index (χ1) is 6.95. The molecule has 11 heteroatoms. The third-order valence-electron chi connectivity index (χ3n) is 1.35. The predicted octanol–water partition coefficient (Wildman–Crippen LogP) is 0.0784. The highest BCUT2D eigenvalue weighted by Gasteiger charge is 2.43. The molecule has 0 radical (unpaired) electrons. The number of hydrogen-bond acceptors (Lipinski definition) is 8. The molecule has 1 aliphatic rings. The van der Waals surface area contributed by atoms with E-state index in [9.17, 15) is 30.3 Å². The first-order valence-electron chi connectivity index (χ1n) is 3.24. The van der Waals surface area contributed by atoms with Gasteiger partial charge >= 0.3 is 17.2 Å². The van der Waals surface area contributed by atoms with Crippen LogP contribution in [0.1, 0.15) is 0 Å². The zero-order valence-corrected chi connectivity index (χ0v) is 7.59. The van der Waals surface area contributed by atoms with Gasteiger partial charge in [-0.05, 0) is 4.92 Å². The van der Waals surface area contributed by atoms with Crippen LogP contribution in [0.3, 0.4) is 0 Å². The molecule has 0 amide bonds. The molecule has 80 valence electrons. The van der Waals surface area contributed by atoms with E-state index in [1.807, 2.05) is 4.72 Å². The fourth-order valence-corrected chi connectivity index (χ4v) is 1.45. The van der Waals surface area contributed by atoms with E-state index in [1.54, 1.807) is 0 Å². The SMILES string of the molecule is O=[N+]([O-])C1=CSNC([N+](=O)[O-])=C1[N+](=O)[O-]. The van der Waals surface area contributed by atoms with E-state index in [4.69, 9.17) is 0 Å². The maximum Gasteiger partial charge on any atom is 0.439 e. The first kappa shape index (κ1) is 10.9. The average molecular weight is 234 g/mol. The van der Waals surface area contributed by atoms with Crippen molar-refractivity contribution in [3.05, 3.63) is 53.0 Å². The Balaban J connectivity index is 3.33. The van der Waals surface area contributed by atoms with E-state index >= 15 is 0 Å². The lowest BCUT2D eigenvalue weighted by Crippen LogP contribution is -2.25. The normalized spacial score (nSPS) is 15.3. The summed E-state index contributed by atoms with van der Waals surface area (Å²) < 4.78 is 2.01. The van der Waals surface area contributed by atoms with Crippen LogP contribution in [-0.4, -0.2) is 14.8 Å². The summed E-state index contributed by atoms with van der Waals surface area (Å²) in [5.41, 5.74) is -2.06. The topological polar surface area (TPSA) is 141 Å². The van der Waals surface area contributed by atoms with Gasteiger partial charge < -0.3 is 10.1 Å². The quantitative estimate of drug-likeness (QED) is 0.410. The van der Waals surface area contributed by atoms with Gasteiger partial charge in [0.05, 0.1) is 21.8 Å². The molecule has 1 N–H and O–H groups in total. The summed E-state index contributed by atoms with van der Waals surface area (Å²) in [7, 11) is 0. The van der Waals surface area contributed by atoms with Gasteiger partial charge in [-0.25, -0.2) is 0 Å². The lowest BCUT2D eigenvalue weighted by atomic mass is 10.3. The number of nitrogens with one attached hydrogen (secondary N) is 1. The van der Waals surface area contributed by atoms with Gasteiger partial charge in [-0.2, -0.15) is 4.72 Å². The molecule has 0 unspecified atom stereocenters. The molecule has 0 saturated heterocycles. The zero-order valence-electron chi connectivity index (χ0n) is 6.78. The molecule has 1 heterocycles. The van der Waals surface area contributed by atoms with Gasteiger partial charge in [-0.15, -0.1) is 0 Å². The minimum atomic E-state index is -1.17. The minimum Gasteiger partial charge on any atom is -0.358 e. The summed E-state index contributed by atoms with van der Waals surface area (Å²) in [4.78, 5) is 27.9. The lowest BCUT2D eigenvalue weighted by molar-refractivity contribution is -0.502. The van der Waals surface area contributed by atoms with Crippen LogP contribution in [-0.2, 0) is 0 Å². The summed E-state index contributed by atoms with van der Waals surface area (Å²) >= 11 is 0.531. The molecule has 0 saturated carbocycles. The Hall–Kier alpha value is -2.17. The zero-order chi connectivity index (χ0) is 11.6. The molecule has 0 aromatic carbocycles. The molecule has 15 heavy (non-hydrogen) atoms. The van der Waals surface area contributed by atoms with Crippen molar-refractivity contribution in [1.82, 2.24) is 4.72 Å². The number of nitrogens with zero attached hydrogens (tertiary/aromatic N) is 3. The third kappa shape index (κ3) is 2.01. The van der Waals surface area contributed by atoms with E-state index in [2.05, 4.69) is 0 Å². The molecule has 0 atom stereocenters. The monoisotopic (exact) mass is 234 g/mol. The van der Waals surface area contributed by atoms with Crippen LogP contribution < -0.4 is 4.72 Å². The average Bonchev–Trinajstić information content (AvgIpc) is 2.16. The van der Waals surface area contributed by atoms with Crippen molar-refractivity contribution < 1.29 is 14.8 Å². The van der Waals surface area contributed by atoms with Gasteiger partial charge in [0.1, 0.15) is 5.41 Å². The van der Waals surface area contributed by atoms with Crippen molar-refractivity contribution in [2.45, 2.75) is 0 Å². The van der Waals surface area contributed by atoms with Crippen molar-refractivity contribution >= 4 is 11.9 Å². The second-order valence-corrected chi connectivity index (χ2v) is 2.87. The molecule has 0 fully saturated rings. The summed E-state index contributed by atoms with van der Waals surface area (Å²) in [5.74, 6) is -1.00. The van der Waals surface area contributed by atoms with Crippen LogP contribution >= 0.6 is 11.9 Å². The highest BCUT2D eigenvalue weighted by Crippen LogP contribution is 2.24. The Bertz CT molecular complexity index is 413. The Morgan fingerprint density at radius 2 is 1.67 bits per heavy atom. The van der Waals surface area contributed by atoms with Crippen LogP contribution in [0.2, 0.25) is 0 Å². The summed E-state index contributed by atoms with van der Waals surface area (Å²) in [6, 6.07) is 0. The van der Waals surface area contributed by atoms with Gasteiger partial charge in [0.15, 0.2) is 0 Å². The molecule has 0 spiro atoms. The molecule has 0 aromatic rings. The highest BCUT2D eigenvalue weighted by molar-refractivity contribution is 8.00. The van der Waals surface area contributed by atoms with Gasteiger partial charge in [0, 0.05) is 0 Å². The number of hydrogen-bond donors (Lipinski definition) is 1. The van der Waals surface area contributed by atoms with Crippen molar-refractivity contribution in [3.8, 4) is 0 Å². The second-order valence-electron chi connectivity index (χ2n) is 2.19. The van der Waals surface area contributed by atoms with Gasteiger partial charge in [-0.1, -0.05) is 0 Å². The van der Waals surface area contributed by atoms with Crippen molar-refractivity contribution in [2.75, 3.05) is 0 Å². The Kier molecular flexibility index (Phi) is 2.85. The van der Waals surface area contributed by atoms with Gasteiger partial charge in [-0.3, -0.25) is 20.2 Å². The highest BCUT2D eigenvalue weighted by atomic mass is 32.2. The van der Waals surface area contributed by atoms with Crippen LogP contribution in [0.4, 0.5) is 0 Å². The van der Waals surface area contributed by atoms with E-state index in [-0.39, 0.29) is 0 Å². The van der Waals surface area contributed by atoms with E-state index < -0.39 is 32.0 Å². The molecule has 0 bridgehead atoms. The van der Waals surface area contributed by atoms with Crippen LogP contribution in [0, 0.1) is 30.3 Å². The number of nitro groups is 3. The summed E-state index contributed by atoms with van der Waals surface area (Å²) in [6.45, 7) is 0. The fourth-order valence-electron chi connectivity index (χ4n) is 0.800. The van der Waals surface area contributed by atoms with E-state index in [0.717, 1.165) is 5.41 Å². The van der Waals surface area contributed by atoms with Crippen molar-refractivity contribution in [2.24, 2.45) is 0 Å². The lowest BCUT2D eigenvalue weighted by Gasteiger charge is -2.04. The number of rotatable bonds is 3. The van der Waals surface area contributed by atoms with Gasteiger partial charge in [0.25, 0.3) is 0 Å². The molecule has 10 nitrogen and oxygen atoms in total. The predicted molar refractivity (Wildman–Crippen MR) is 46.8 cm³/mol.